The molecule has 0 N–H and O–H groups in total. The number of hydrazone groups is 1. The van der Waals surface area contributed by atoms with Crippen LogP contribution >= 0.6 is 0 Å². The van der Waals surface area contributed by atoms with Crippen LogP contribution in [0.4, 0.5) is 5.69 Å². The molecule has 0 spiro atoms. The van der Waals surface area contributed by atoms with Crippen molar-refractivity contribution in [2.24, 2.45) is 5.10 Å². The third-order valence-electron chi connectivity index (χ3n) is 3.16. The maximum absolute atomic E-state index is 12.0. The molecule has 1 aliphatic rings. The van der Waals surface area contributed by atoms with E-state index in [-0.39, 0.29) is 5.84 Å². The van der Waals surface area contributed by atoms with Crippen molar-refractivity contribution in [1.82, 2.24) is 4.90 Å². The minimum atomic E-state index is -0.628. The van der Waals surface area contributed by atoms with Crippen LogP contribution in [-0.2, 0) is 9.59 Å². The molecule has 1 amide bonds. The fourth-order valence-corrected chi connectivity index (χ4v) is 2.01. The molecule has 1 aliphatic heterocycles. The van der Waals surface area contributed by atoms with Crippen molar-refractivity contribution in [3.63, 3.8) is 0 Å². The first-order valence-electron chi connectivity index (χ1n) is 6.48. The van der Waals surface area contributed by atoms with Crippen molar-refractivity contribution >= 4 is 23.2 Å². The SMILES string of the molecule is CCN(CC)C1=NN(c2ccc(OC)cc2)C(=O)C1=O. The van der Waals surface area contributed by atoms with Crippen LogP contribution in [0.1, 0.15) is 13.8 Å². The van der Waals surface area contributed by atoms with E-state index in [2.05, 4.69) is 5.10 Å². The summed E-state index contributed by atoms with van der Waals surface area (Å²) in [6, 6.07) is 6.83. The lowest BCUT2D eigenvalue weighted by Crippen LogP contribution is -2.37. The van der Waals surface area contributed by atoms with Crippen LogP contribution in [0.2, 0.25) is 0 Å². The maximum Gasteiger partial charge on any atom is 0.323 e. The van der Waals surface area contributed by atoms with Crippen molar-refractivity contribution in [3.8, 4) is 5.75 Å². The van der Waals surface area contributed by atoms with Gasteiger partial charge in [0, 0.05) is 13.1 Å². The van der Waals surface area contributed by atoms with Gasteiger partial charge in [0.1, 0.15) is 5.75 Å². The van der Waals surface area contributed by atoms with Gasteiger partial charge in [-0.3, -0.25) is 9.59 Å². The largest absolute Gasteiger partial charge is 0.497 e. The summed E-state index contributed by atoms with van der Waals surface area (Å²) in [6.45, 7) is 5.09. The van der Waals surface area contributed by atoms with Crippen LogP contribution in [0.5, 0.6) is 5.75 Å². The van der Waals surface area contributed by atoms with Gasteiger partial charge in [0.2, 0.25) is 5.84 Å². The Kier molecular flexibility index (Phi) is 4.02. The number of ketones is 1. The zero-order chi connectivity index (χ0) is 14.7. The van der Waals surface area contributed by atoms with Crippen molar-refractivity contribution in [1.29, 1.82) is 0 Å². The smallest absolute Gasteiger partial charge is 0.323 e. The summed E-state index contributed by atoms with van der Waals surface area (Å²) in [5.41, 5.74) is 0.548. The summed E-state index contributed by atoms with van der Waals surface area (Å²) in [4.78, 5) is 25.8. The monoisotopic (exact) mass is 275 g/mol. The molecule has 20 heavy (non-hydrogen) atoms. The van der Waals surface area contributed by atoms with Crippen LogP contribution in [0.3, 0.4) is 0 Å². The Morgan fingerprint density at radius 3 is 2.25 bits per heavy atom. The van der Waals surface area contributed by atoms with E-state index in [0.717, 1.165) is 5.01 Å². The number of methoxy groups -OCH3 is 1. The fraction of sp³-hybridized carbons (Fsp3) is 0.357. The quantitative estimate of drug-likeness (QED) is 0.776. The highest BCUT2D eigenvalue weighted by Crippen LogP contribution is 2.22. The molecule has 6 nitrogen and oxygen atoms in total. The van der Waals surface area contributed by atoms with E-state index in [1.54, 1.807) is 36.3 Å². The van der Waals surface area contributed by atoms with Gasteiger partial charge in [0.25, 0.3) is 5.78 Å². The molecule has 1 aromatic carbocycles. The molecule has 1 aromatic rings. The normalized spacial score (nSPS) is 14.6. The van der Waals surface area contributed by atoms with Crippen LogP contribution in [-0.4, -0.2) is 42.6 Å². The molecule has 0 unspecified atom stereocenters. The number of ether oxygens (including phenoxy) is 1. The molecule has 0 bridgehead atoms. The van der Waals surface area contributed by atoms with Crippen LogP contribution in [0, 0.1) is 0 Å². The first-order valence-corrected chi connectivity index (χ1v) is 6.48. The number of Topliss-reactive ketones (excluding diaryl/α,β-unsaturated/α-hetero) is 1. The average Bonchev–Trinajstić information content (AvgIpc) is 2.78. The summed E-state index contributed by atoms with van der Waals surface area (Å²) < 4.78 is 5.06. The topological polar surface area (TPSA) is 62.2 Å². The molecule has 0 aliphatic carbocycles. The lowest BCUT2D eigenvalue weighted by atomic mass is 10.2. The number of anilines is 1. The van der Waals surface area contributed by atoms with Crippen molar-refractivity contribution in [3.05, 3.63) is 24.3 Å². The van der Waals surface area contributed by atoms with E-state index in [0.29, 0.717) is 24.5 Å². The van der Waals surface area contributed by atoms with Gasteiger partial charge in [-0.15, -0.1) is 5.10 Å². The van der Waals surface area contributed by atoms with Crippen LogP contribution < -0.4 is 9.75 Å². The Bertz CT molecular complexity index is 547. The number of hydrogen-bond donors (Lipinski definition) is 0. The molecule has 0 radical (unpaired) electrons. The number of carbonyl (C=O) groups excluding carboxylic acids is 2. The Labute approximate surface area is 117 Å². The number of hydrogen-bond acceptors (Lipinski definition) is 5. The summed E-state index contributed by atoms with van der Waals surface area (Å²) in [5.74, 6) is -0.308. The second-order valence-electron chi connectivity index (χ2n) is 4.24. The molecule has 0 aromatic heterocycles. The standard InChI is InChI=1S/C14H17N3O3/c1-4-16(5-2)13-12(18)14(19)17(15-13)10-6-8-11(20-3)9-7-10/h6-9H,4-5H2,1-3H3. The number of rotatable bonds is 4. The number of amidine groups is 1. The van der Waals surface area contributed by atoms with Crippen molar-refractivity contribution in [2.45, 2.75) is 13.8 Å². The predicted octanol–water partition coefficient (Wildman–Crippen LogP) is 1.27. The molecule has 1 heterocycles. The van der Waals surface area contributed by atoms with Crippen molar-refractivity contribution < 1.29 is 14.3 Å². The van der Waals surface area contributed by atoms with Gasteiger partial charge in [-0.2, -0.15) is 5.01 Å². The van der Waals surface area contributed by atoms with Crippen LogP contribution in [0.15, 0.2) is 29.4 Å². The second-order valence-corrected chi connectivity index (χ2v) is 4.24. The number of nitrogens with zero attached hydrogens (tertiary/aromatic N) is 3. The van der Waals surface area contributed by atoms with Crippen LogP contribution in [0.25, 0.3) is 0 Å². The molecule has 0 atom stereocenters. The van der Waals surface area contributed by atoms with Gasteiger partial charge in [-0.1, -0.05) is 0 Å². The number of benzene rings is 1. The first-order chi connectivity index (χ1) is 9.62. The summed E-state index contributed by atoms with van der Waals surface area (Å²) in [6.07, 6.45) is 0. The summed E-state index contributed by atoms with van der Waals surface area (Å²) in [7, 11) is 1.57. The summed E-state index contributed by atoms with van der Waals surface area (Å²) >= 11 is 0. The van der Waals surface area contributed by atoms with Gasteiger partial charge in [-0.25, -0.2) is 0 Å². The molecular weight excluding hydrogens is 258 g/mol. The Morgan fingerprint density at radius 2 is 1.75 bits per heavy atom. The number of carbonyl (C=O) groups is 2. The van der Waals surface area contributed by atoms with Gasteiger partial charge >= 0.3 is 5.91 Å². The molecule has 0 saturated heterocycles. The molecular formula is C14H17N3O3. The first kappa shape index (κ1) is 14.0. The van der Waals surface area contributed by atoms with E-state index >= 15 is 0 Å². The predicted molar refractivity (Wildman–Crippen MR) is 75.8 cm³/mol. The van der Waals surface area contributed by atoms with Gasteiger partial charge < -0.3 is 9.64 Å². The summed E-state index contributed by atoms with van der Waals surface area (Å²) in [5, 5.41) is 5.29. The van der Waals surface area contributed by atoms with E-state index in [1.807, 2.05) is 13.8 Å². The Balaban J connectivity index is 2.31. The zero-order valence-electron chi connectivity index (χ0n) is 11.8. The van der Waals surface area contributed by atoms with E-state index < -0.39 is 11.7 Å². The molecule has 2 rings (SSSR count). The minimum absolute atomic E-state index is 0.204. The second kappa shape index (κ2) is 5.73. The fourth-order valence-electron chi connectivity index (χ4n) is 2.01. The Morgan fingerprint density at radius 1 is 1.15 bits per heavy atom. The van der Waals surface area contributed by atoms with Gasteiger partial charge in [0.05, 0.1) is 12.8 Å². The van der Waals surface area contributed by atoms with Gasteiger partial charge in [0.15, 0.2) is 0 Å². The highest BCUT2D eigenvalue weighted by Gasteiger charge is 2.37. The van der Waals surface area contributed by atoms with E-state index in [9.17, 15) is 9.59 Å². The molecule has 6 heteroatoms. The third-order valence-corrected chi connectivity index (χ3v) is 3.16. The van der Waals surface area contributed by atoms with Crippen molar-refractivity contribution in [2.75, 3.05) is 25.2 Å². The highest BCUT2D eigenvalue weighted by atomic mass is 16.5. The van der Waals surface area contributed by atoms with E-state index in [1.165, 1.54) is 0 Å². The lowest BCUT2D eigenvalue weighted by Gasteiger charge is -2.17. The zero-order valence-corrected chi connectivity index (χ0v) is 11.8. The van der Waals surface area contributed by atoms with Gasteiger partial charge in [-0.05, 0) is 38.1 Å². The lowest BCUT2D eigenvalue weighted by molar-refractivity contribution is -0.131. The molecule has 0 fully saturated rings. The minimum Gasteiger partial charge on any atom is -0.497 e. The van der Waals surface area contributed by atoms with E-state index in [4.69, 9.17) is 4.74 Å². The molecule has 106 valence electrons. The Hall–Kier alpha value is -2.37. The third kappa shape index (κ3) is 2.36. The number of likely N-dealkylation sites (N-methyl/N-ethyl adjacent to an activating group) is 1. The molecule has 0 saturated carbocycles. The average molecular weight is 275 g/mol. The highest BCUT2D eigenvalue weighted by molar-refractivity contribution is 6.69. The maximum atomic E-state index is 12.0. The number of amides is 1.